The van der Waals surface area contributed by atoms with Crippen LogP contribution in [-0.2, 0) is 20.8 Å². The average Bonchev–Trinajstić information content (AvgIpc) is 3.04. The maximum atomic E-state index is 12.1. The fourth-order valence-electron chi connectivity index (χ4n) is 5.52. The summed E-state index contributed by atoms with van der Waals surface area (Å²) in [5.74, 6) is -0.239. The third kappa shape index (κ3) is 21.1. The van der Waals surface area contributed by atoms with E-state index in [0.29, 0.717) is 18.5 Å². The molecule has 0 unspecified atom stereocenters. The highest BCUT2D eigenvalue weighted by atomic mass is 79.9. The number of benzene rings is 1. The van der Waals surface area contributed by atoms with Gasteiger partial charge in [-0.3, -0.25) is 4.79 Å². The first-order chi connectivity index (χ1) is 21.6. The molecule has 0 aliphatic carbocycles. The molecule has 254 valence electrons. The summed E-state index contributed by atoms with van der Waals surface area (Å²) < 4.78 is 12.8. The highest BCUT2D eigenvalue weighted by Gasteiger charge is 2.09. The first kappa shape index (κ1) is 40.6. The Kier molecular flexibility index (Phi) is 25.1. The predicted molar refractivity (Wildman–Crippen MR) is 182 cm³/mol. The fraction of sp³-hybridized carbons (Fsp3) is 0.658. The van der Waals surface area contributed by atoms with Crippen molar-refractivity contribution in [2.45, 2.75) is 142 Å². The van der Waals surface area contributed by atoms with Crippen molar-refractivity contribution in [2.24, 2.45) is 0 Å². The standard InChI is InChI=1S/C38H60N2O4.BrH/c1-3-4-5-6-7-8-9-10-11-12-13-14-15-16-17-22-29-39-38(42)44-33-34(2)32-43-37(41)28-19-18-23-30-40-31-24-26-35-25-20-21-27-36(35)40;/h20-21,24-27,31H,2-19,22-23,28-30,32-33H2,1H3;1H. The van der Waals surface area contributed by atoms with Gasteiger partial charge in [0.05, 0.1) is 0 Å². The average molecular weight is 690 g/mol. The van der Waals surface area contributed by atoms with E-state index in [1.165, 1.54) is 101 Å². The molecule has 1 heterocycles. The molecular weight excluding hydrogens is 628 g/mol. The molecule has 0 aliphatic rings. The molecule has 0 fully saturated rings. The number of esters is 1. The lowest BCUT2D eigenvalue weighted by atomic mass is 10.0. The van der Waals surface area contributed by atoms with Crippen molar-refractivity contribution in [3.63, 3.8) is 0 Å². The topological polar surface area (TPSA) is 68.5 Å². The molecule has 1 aromatic carbocycles. The van der Waals surface area contributed by atoms with Crippen molar-refractivity contribution in [1.29, 1.82) is 0 Å². The largest absolute Gasteiger partial charge is 1.00 e. The van der Waals surface area contributed by atoms with Gasteiger partial charge < -0.3 is 31.8 Å². The third-order valence-electron chi connectivity index (χ3n) is 8.21. The number of ether oxygens (including phenoxy) is 2. The van der Waals surface area contributed by atoms with E-state index in [1.807, 2.05) is 0 Å². The molecule has 0 radical (unpaired) electrons. The van der Waals surface area contributed by atoms with E-state index in [1.54, 1.807) is 0 Å². The van der Waals surface area contributed by atoms with E-state index < -0.39 is 6.09 Å². The molecule has 0 atom stereocenters. The SMILES string of the molecule is C=C(COC(=O)CCCCC[n+]1cccc2ccccc21)COC(=O)NCCCCCCCCCCCCCCCCCC.[Br-]. The number of para-hydroxylation sites is 1. The number of aryl methyl sites for hydroxylation is 1. The van der Waals surface area contributed by atoms with Gasteiger partial charge in [-0.25, -0.2) is 4.79 Å². The molecule has 0 aliphatic heterocycles. The van der Waals surface area contributed by atoms with Crippen molar-refractivity contribution < 1.29 is 40.6 Å². The van der Waals surface area contributed by atoms with Crippen LogP contribution in [0.4, 0.5) is 4.79 Å². The summed E-state index contributed by atoms with van der Waals surface area (Å²) in [7, 11) is 0. The van der Waals surface area contributed by atoms with Gasteiger partial charge in [0.25, 0.3) is 0 Å². The lowest BCUT2D eigenvalue weighted by Gasteiger charge is -2.10. The van der Waals surface area contributed by atoms with Gasteiger partial charge in [0.1, 0.15) is 19.8 Å². The quantitative estimate of drug-likeness (QED) is 0.0487. The van der Waals surface area contributed by atoms with Crippen molar-refractivity contribution in [2.75, 3.05) is 19.8 Å². The van der Waals surface area contributed by atoms with Gasteiger partial charge >= 0.3 is 12.1 Å². The first-order valence-electron chi connectivity index (χ1n) is 17.7. The molecule has 2 aromatic rings. The zero-order valence-corrected chi connectivity index (χ0v) is 29.8. The lowest BCUT2D eigenvalue weighted by molar-refractivity contribution is -0.671. The lowest BCUT2D eigenvalue weighted by Crippen LogP contribution is -3.00. The third-order valence-corrected chi connectivity index (χ3v) is 8.21. The minimum absolute atomic E-state index is 0. The van der Waals surface area contributed by atoms with E-state index in [2.05, 4.69) is 66.0 Å². The molecule has 1 N–H and O–H groups in total. The molecule has 1 amide bonds. The molecular formula is C38H61BrN2O4. The van der Waals surface area contributed by atoms with Gasteiger partial charge in [0.15, 0.2) is 6.20 Å². The second-order valence-corrected chi connectivity index (χ2v) is 12.3. The van der Waals surface area contributed by atoms with Crippen molar-refractivity contribution in [3.05, 3.63) is 54.7 Å². The van der Waals surface area contributed by atoms with E-state index in [-0.39, 0.29) is 36.2 Å². The monoisotopic (exact) mass is 688 g/mol. The number of amides is 1. The van der Waals surface area contributed by atoms with Gasteiger partial charge in [-0.15, -0.1) is 0 Å². The van der Waals surface area contributed by atoms with E-state index in [0.717, 1.165) is 38.6 Å². The molecule has 6 nitrogen and oxygen atoms in total. The minimum atomic E-state index is -0.442. The Hall–Kier alpha value is -2.41. The summed E-state index contributed by atoms with van der Waals surface area (Å²) >= 11 is 0. The van der Waals surface area contributed by atoms with Crippen LogP contribution in [0.25, 0.3) is 10.9 Å². The summed E-state index contributed by atoms with van der Waals surface area (Å²) in [6, 6.07) is 12.6. The van der Waals surface area contributed by atoms with Crippen LogP contribution in [-0.4, -0.2) is 31.8 Å². The van der Waals surface area contributed by atoms with Gasteiger partial charge in [-0.05, 0) is 37.0 Å². The number of halogens is 1. The number of hydrogen-bond acceptors (Lipinski definition) is 4. The van der Waals surface area contributed by atoms with Crippen LogP contribution in [0.1, 0.15) is 135 Å². The summed E-state index contributed by atoms with van der Waals surface area (Å²) in [4.78, 5) is 24.0. The maximum absolute atomic E-state index is 12.1. The number of unbranched alkanes of at least 4 members (excludes halogenated alkanes) is 17. The van der Waals surface area contributed by atoms with E-state index in [9.17, 15) is 9.59 Å². The summed E-state index contributed by atoms with van der Waals surface area (Å²) in [5, 5.41) is 4.03. The number of aromatic nitrogens is 1. The Morgan fingerprint density at radius 3 is 1.87 bits per heavy atom. The number of nitrogens with one attached hydrogen (secondary N) is 1. The van der Waals surface area contributed by atoms with Crippen molar-refractivity contribution in [1.82, 2.24) is 5.32 Å². The Balaban J connectivity index is 0.0000101. The Morgan fingerprint density at radius 1 is 0.689 bits per heavy atom. The molecule has 0 saturated heterocycles. The van der Waals surface area contributed by atoms with Crippen LogP contribution in [0.3, 0.4) is 0 Å². The first-order valence-corrected chi connectivity index (χ1v) is 17.7. The minimum Gasteiger partial charge on any atom is -1.00 e. The Bertz CT molecular complexity index is 1060. The number of nitrogens with zero attached hydrogens (tertiary/aromatic N) is 1. The predicted octanol–water partition coefficient (Wildman–Crippen LogP) is 6.78. The fourth-order valence-corrected chi connectivity index (χ4v) is 5.52. The molecule has 0 saturated carbocycles. The number of rotatable bonds is 27. The number of fused-ring (bicyclic) bond motifs is 1. The second kappa shape index (κ2) is 27.9. The summed E-state index contributed by atoms with van der Waals surface area (Å²) in [6.07, 6.45) is 26.1. The van der Waals surface area contributed by atoms with Gasteiger partial charge in [-0.2, -0.15) is 4.57 Å². The number of hydrogen-bond donors (Lipinski definition) is 1. The van der Waals surface area contributed by atoms with Gasteiger partial charge in [0, 0.05) is 36.9 Å². The number of carbonyl (C=O) groups excluding carboxylic acids is 2. The summed E-state index contributed by atoms with van der Waals surface area (Å²) in [6.45, 7) is 7.82. The highest BCUT2D eigenvalue weighted by molar-refractivity contribution is 5.74. The van der Waals surface area contributed by atoms with Crippen molar-refractivity contribution in [3.8, 4) is 0 Å². The van der Waals surface area contributed by atoms with Crippen LogP contribution in [0.2, 0.25) is 0 Å². The van der Waals surface area contributed by atoms with E-state index in [4.69, 9.17) is 9.47 Å². The number of carbonyl (C=O) groups is 2. The van der Waals surface area contributed by atoms with E-state index >= 15 is 0 Å². The van der Waals surface area contributed by atoms with Gasteiger partial charge in [-0.1, -0.05) is 122 Å². The summed E-state index contributed by atoms with van der Waals surface area (Å²) in [5.41, 5.74) is 1.80. The van der Waals surface area contributed by atoms with Crippen LogP contribution < -0.4 is 26.9 Å². The Labute approximate surface area is 284 Å². The van der Waals surface area contributed by atoms with Crippen LogP contribution in [0.5, 0.6) is 0 Å². The molecule has 0 bridgehead atoms. The normalized spacial score (nSPS) is 10.8. The highest BCUT2D eigenvalue weighted by Crippen LogP contribution is 2.14. The van der Waals surface area contributed by atoms with Crippen LogP contribution >= 0.6 is 0 Å². The maximum Gasteiger partial charge on any atom is 0.407 e. The molecule has 1 aromatic heterocycles. The smallest absolute Gasteiger partial charge is 0.407 e. The second-order valence-electron chi connectivity index (χ2n) is 12.3. The Morgan fingerprint density at radius 2 is 1.22 bits per heavy atom. The van der Waals surface area contributed by atoms with Crippen molar-refractivity contribution >= 4 is 23.0 Å². The van der Waals surface area contributed by atoms with Gasteiger partial charge in [0.2, 0.25) is 5.52 Å². The van der Waals surface area contributed by atoms with Crippen LogP contribution in [0, 0.1) is 0 Å². The zero-order chi connectivity index (χ0) is 31.5. The molecule has 0 spiro atoms. The molecule has 2 rings (SSSR count). The number of pyridine rings is 1. The zero-order valence-electron chi connectivity index (χ0n) is 28.2. The molecule has 7 heteroatoms. The van der Waals surface area contributed by atoms with Crippen LogP contribution in [0.15, 0.2) is 54.7 Å². The number of alkyl carbamates (subject to hydrolysis) is 1. The molecule has 45 heavy (non-hydrogen) atoms.